The van der Waals surface area contributed by atoms with E-state index in [1.807, 2.05) is 0 Å². The molecule has 2 nitrogen and oxygen atoms in total. The van der Waals surface area contributed by atoms with Gasteiger partial charge in [-0.25, -0.2) is 4.39 Å². The standard InChI is InChI=1S/C8H7ClF2O2S/c9-7-1-2-8(10)6(5-7)3-4-14(11,12)13/h1-2,5H,3-4H2. The number of benzene rings is 1. The summed E-state index contributed by atoms with van der Waals surface area (Å²) in [5.74, 6) is -1.32. The Hall–Kier alpha value is -0.680. The molecule has 0 radical (unpaired) electrons. The van der Waals surface area contributed by atoms with Gasteiger partial charge in [0.25, 0.3) is 0 Å². The molecular formula is C8H7ClF2O2S. The molecule has 0 fully saturated rings. The molecule has 0 bridgehead atoms. The molecule has 0 amide bonds. The lowest BCUT2D eigenvalue weighted by Gasteiger charge is -2.01. The van der Waals surface area contributed by atoms with Crippen LogP contribution in [0.15, 0.2) is 18.2 Å². The Bertz CT molecular complexity index is 431. The van der Waals surface area contributed by atoms with Gasteiger partial charge < -0.3 is 0 Å². The van der Waals surface area contributed by atoms with Gasteiger partial charge in [0.2, 0.25) is 0 Å². The van der Waals surface area contributed by atoms with E-state index in [0.29, 0.717) is 0 Å². The van der Waals surface area contributed by atoms with Crippen LogP contribution in [-0.4, -0.2) is 14.2 Å². The van der Waals surface area contributed by atoms with Crippen LogP contribution in [0.2, 0.25) is 5.02 Å². The second-order valence-electron chi connectivity index (χ2n) is 2.73. The Morgan fingerprint density at radius 3 is 2.57 bits per heavy atom. The first-order valence-electron chi connectivity index (χ1n) is 3.75. The van der Waals surface area contributed by atoms with Gasteiger partial charge in [-0.3, -0.25) is 0 Å². The maximum absolute atomic E-state index is 13.0. The fourth-order valence-electron chi connectivity index (χ4n) is 0.967. The molecule has 0 atom stereocenters. The Labute approximate surface area is 85.7 Å². The van der Waals surface area contributed by atoms with Gasteiger partial charge in [-0.05, 0) is 30.2 Å². The largest absolute Gasteiger partial charge is 0.302 e. The summed E-state index contributed by atoms with van der Waals surface area (Å²) in [5, 5.41) is 0.289. The molecule has 1 rings (SSSR count). The number of hydrogen-bond donors (Lipinski definition) is 0. The highest BCUT2D eigenvalue weighted by atomic mass is 35.5. The van der Waals surface area contributed by atoms with Crippen molar-refractivity contribution in [2.24, 2.45) is 0 Å². The molecule has 14 heavy (non-hydrogen) atoms. The summed E-state index contributed by atoms with van der Waals surface area (Å²) in [6.07, 6.45) is -0.217. The highest BCUT2D eigenvalue weighted by Gasteiger charge is 2.10. The molecule has 1 aromatic carbocycles. The normalized spacial score (nSPS) is 11.6. The average Bonchev–Trinajstić information content (AvgIpc) is 2.05. The second-order valence-corrected chi connectivity index (χ2v) is 4.65. The molecule has 78 valence electrons. The first-order valence-corrected chi connectivity index (χ1v) is 5.68. The summed E-state index contributed by atoms with van der Waals surface area (Å²) >= 11 is 5.56. The van der Waals surface area contributed by atoms with Crippen LogP contribution in [0.1, 0.15) is 5.56 Å². The van der Waals surface area contributed by atoms with Crippen molar-refractivity contribution in [3.05, 3.63) is 34.6 Å². The van der Waals surface area contributed by atoms with E-state index in [1.165, 1.54) is 12.1 Å². The third kappa shape index (κ3) is 3.59. The number of halogens is 3. The molecular weight excluding hydrogens is 234 g/mol. The quantitative estimate of drug-likeness (QED) is 0.760. The van der Waals surface area contributed by atoms with Gasteiger partial charge in [0.1, 0.15) is 5.82 Å². The Kier molecular flexibility index (Phi) is 3.44. The Balaban J connectivity index is 2.81. The van der Waals surface area contributed by atoms with Crippen LogP contribution in [0.4, 0.5) is 8.28 Å². The van der Waals surface area contributed by atoms with E-state index in [0.717, 1.165) is 6.07 Å². The van der Waals surface area contributed by atoms with Crippen LogP contribution in [0, 0.1) is 5.82 Å². The van der Waals surface area contributed by atoms with E-state index >= 15 is 0 Å². The highest BCUT2D eigenvalue weighted by Crippen LogP contribution is 2.15. The third-order valence-corrected chi connectivity index (χ3v) is 2.55. The van der Waals surface area contributed by atoms with E-state index < -0.39 is 21.8 Å². The zero-order valence-corrected chi connectivity index (χ0v) is 8.58. The third-order valence-electron chi connectivity index (χ3n) is 1.62. The molecule has 0 aliphatic heterocycles. The zero-order valence-electron chi connectivity index (χ0n) is 7.00. The summed E-state index contributed by atoms with van der Waals surface area (Å²) in [7, 11) is -4.56. The minimum absolute atomic E-state index is 0.0960. The van der Waals surface area contributed by atoms with Gasteiger partial charge in [0.05, 0.1) is 5.75 Å². The lowest BCUT2D eigenvalue weighted by atomic mass is 10.1. The van der Waals surface area contributed by atoms with Crippen molar-refractivity contribution in [3.8, 4) is 0 Å². The Morgan fingerprint density at radius 1 is 1.36 bits per heavy atom. The van der Waals surface area contributed by atoms with Gasteiger partial charge >= 0.3 is 10.2 Å². The van der Waals surface area contributed by atoms with Crippen LogP contribution >= 0.6 is 11.6 Å². The van der Waals surface area contributed by atoms with Crippen molar-refractivity contribution in [3.63, 3.8) is 0 Å². The van der Waals surface area contributed by atoms with Crippen LogP contribution in [-0.2, 0) is 16.6 Å². The van der Waals surface area contributed by atoms with Gasteiger partial charge in [-0.15, -0.1) is 3.89 Å². The first kappa shape index (κ1) is 11.4. The minimum atomic E-state index is -4.56. The van der Waals surface area contributed by atoms with Crippen molar-refractivity contribution >= 4 is 21.8 Å². The van der Waals surface area contributed by atoms with Crippen molar-refractivity contribution < 1.29 is 16.7 Å². The summed E-state index contributed by atoms with van der Waals surface area (Å²) < 4.78 is 45.4. The number of hydrogen-bond acceptors (Lipinski definition) is 2. The molecule has 0 heterocycles. The molecule has 0 N–H and O–H groups in total. The van der Waals surface area contributed by atoms with Gasteiger partial charge in [-0.1, -0.05) is 11.6 Å². The van der Waals surface area contributed by atoms with Gasteiger partial charge in [0.15, 0.2) is 0 Å². The first-order chi connectivity index (χ1) is 6.38. The summed E-state index contributed by atoms with van der Waals surface area (Å²) in [6.45, 7) is 0. The summed E-state index contributed by atoms with van der Waals surface area (Å²) in [6, 6.07) is 3.73. The van der Waals surface area contributed by atoms with Crippen LogP contribution < -0.4 is 0 Å². The van der Waals surface area contributed by atoms with E-state index in [2.05, 4.69) is 0 Å². The molecule has 0 aliphatic carbocycles. The number of rotatable bonds is 3. The van der Waals surface area contributed by atoms with E-state index in [-0.39, 0.29) is 17.0 Å². The topological polar surface area (TPSA) is 34.1 Å². The molecule has 1 aromatic rings. The summed E-state index contributed by atoms with van der Waals surface area (Å²) in [4.78, 5) is 0. The lowest BCUT2D eigenvalue weighted by molar-refractivity contribution is 0.550. The molecule has 0 aromatic heterocycles. The van der Waals surface area contributed by atoms with Crippen molar-refractivity contribution in [1.82, 2.24) is 0 Å². The summed E-state index contributed by atoms with van der Waals surface area (Å²) in [5.41, 5.74) is 0.0960. The SMILES string of the molecule is O=S(=O)(F)CCc1cc(Cl)ccc1F. The van der Waals surface area contributed by atoms with Gasteiger partial charge in [-0.2, -0.15) is 8.42 Å². The van der Waals surface area contributed by atoms with E-state index in [1.54, 1.807) is 0 Å². The molecule has 0 aliphatic rings. The van der Waals surface area contributed by atoms with E-state index in [9.17, 15) is 16.7 Å². The second kappa shape index (κ2) is 4.23. The molecule has 0 saturated carbocycles. The average molecular weight is 241 g/mol. The fourth-order valence-corrected chi connectivity index (χ4v) is 1.63. The van der Waals surface area contributed by atoms with Crippen molar-refractivity contribution in [1.29, 1.82) is 0 Å². The zero-order chi connectivity index (χ0) is 10.8. The van der Waals surface area contributed by atoms with Crippen LogP contribution in [0.25, 0.3) is 0 Å². The van der Waals surface area contributed by atoms with Crippen LogP contribution in [0.5, 0.6) is 0 Å². The number of aryl methyl sites for hydroxylation is 1. The fraction of sp³-hybridized carbons (Fsp3) is 0.250. The van der Waals surface area contributed by atoms with Gasteiger partial charge in [0, 0.05) is 5.02 Å². The van der Waals surface area contributed by atoms with Crippen LogP contribution in [0.3, 0.4) is 0 Å². The minimum Gasteiger partial charge on any atom is -0.207 e. The monoisotopic (exact) mass is 240 g/mol. The van der Waals surface area contributed by atoms with E-state index in [4.69, 9.17) is 11.6 Å². The predicted octanol–water partition coefficient (Wildman–Crippen LogP) is 2.32. The van der Waals surface area contributed by atoms with Crippen molar-refractivity contribution in [2.45, 2.75) is 6.42 Å². The Morgan fingerprint density at radius 2 is 2.00 bits per heavy atom. The van der Waals surface area contributed by atoms with Crippen molar-refractivity contribution in [2.75, 3.05) is 5.75 Å². The maximum atomic E-state index is 13.0. The highest BCUT2D eigenvalue weighted by molar-refractivity contribution is 7.86. The molecule has 0 unspecified atom stereocenters. The maximum Gasteiger partial charge on any atom is 0.302 e. The predicted molar refractivity (Wildman–Crippen MR) is 50.0 cm³/mol. The molecule has 0 spiro atoms. The molecule has 6 heteroatoms. The lowest BCUT2D eigenvalue weighted by Crippen LogP contribution is -2.03. The smallest absolute Gasteiger partial charge is 0.207 e. The molecule has 0 saturated heterocycles.